The van der Waals surface area contributed by atoms with Crippen molar-refractivity contribution in [3.8, 4) is 5.75 Å². The van der Waals surface area contributed by atoms with Crippen LogP contribution in [0.2, 0.25) is 0 Å². The lowest BCUT2D eigenvalue weighted by molar-refractivity contribution is 0.475. The molecule has 2 N–H and O–H groups in total. The maximum atomic E-state index is 9.28. The van der Waals surface area contributed by atoms with E-state index in [-0.39, 0.29) is 24.0 Å². The molecule has 1 heterocycles. The van der Waals surface area contributed by atoms with Crippen LogP contribution < -0.4 is 5.32 Å². The zero-order chi connectivity index (χ0) is 16.5. The van der Waals surface area contributed by atoms with E-state index in [2.05, 4.69) is 39.8 Å². The number of nitrogens with zero attached hydrogens (tertiary/aromatic N) is 2. The lowest BCUT2D eigenvalue weighted by Gasteiger charge is -2.21. The molecule has 4 nitrogen and oxygen atoms in total. The molecule has 1 aromatic carbocycles. The summed E-state index contributed by atoms with van der Waals surface area (Å²) >= 11 is 1.80. The second-order valence-corrected chi connectivity index (χ2v) is 6.53. The Morgan fingerprint density at radius 1 is 1.21 bits per heavy atom. The van der Waals surface area contributed by atoms with Crippen LogP contribution in [0.1, 0.15) is 16.9 Å². The van der Waals surface area contributed by atoms with Crippen molar-refractivity contribution in [2.24, 2.45) is 4.99 Å². The van der Waals surface area contributed by atoms with Crippen molar-refractivity contribution in [3.63, 3.8) is 0 Å². The average Bonchev–Trinajstić information content (AvgIpc) is 3.08. The lowest BCUT2D eigenvalue weighted by atomic mass is 10.1. The molecular weight excluding hydrogens is 433 g/mol. The second kappa shape index (κ2) is 11.3. The van der Waals surface area contributed by atoms with Crippen molar-refractivity contribution in [1.29, 1.82) is 0 Å². The standard InChI is InChI=1S/C18H25N3OS.HI/c1-19-18(21(2)13-11-17-6-4-14-23-17)20-12-3-5-15-7-9-16(22)10-8-15;/h4,6-10,14,22H,3,5,11-13H2,1-2H3,(H,19,20);1H. The molecule has 0 aliphatic rings. The zero-order valence-electron chi connectivity index (χ0n) is 14.2. The van der Waals surface area contributed by atoms with Gasteiger partial charge in [-0.3, -0.25) is 4.99 Å². The van der Waals surface area contributed by atoms with Crippen LogP contribution in [0.3, 0.4) is 0 Å². The molecule has 6 heteroatoms. The Labute approximate surface area is 165 Å². The average molecular weight is 459 g/mol. The lowest BCUT2D eigenvalue weighted by Crippen LogP contribution is -2.40. The van der Waals surface area contributed by atoms with E-state index < -0.39 is 0 Å². The number of halogens is 1. The van der Waals surface area contributed by atoms with Crippen molar-refractivity contribution in [1.82, 2.24) is 10.2 Å². The molecule has 0 unspecified atom stereocenters. The summed E-state index contributed by atoms with van der Waals surface area (Å²) in [5.41, 5.74) is 1.24. The zero-order valence-corrected chi connectivity index (χ0v) is 17.4. The molecule has 0 aliphatic carbocycles. The fourth-order valence-electron chi connectivity index (χ4n) is 2.38. The molecular formula is C18H26IN3OS. The Bertz CT molecular complexity index is 599. The summed E-state index contributed by atoms with van der Waals surface area (Å²) in [6.07, 6.45) is 3.06. The molecule has 0 aliphatic heterocycles. The highest BCUT2D eigenvalue weighted by Crippen LogP contribution is 2.11. The van der Waals surface area contributed by atoms with E-state index in [0.717, 1.165) is 38.3 Å². The van der Waals surface area contributed by atoms with Crippen molar-refractivity contribution in [2.75, 3.05) is 27.2 Å². The van der Waals surface area contributed by atoms with Crippen LogP contribution in [0.4, 0.5) is 0 Å². The van der Waals surface area contributed by atoms with Gasteiger partial charge in [-0.2, -0.15) is 0 Å². The van der Waals surface area contributed by atoms with Crippen LogP contribution in [-0.2, 0) is 12.8 Å². The van der Waals surface area contributed by atoms with E-state index in [1.165, 1.54) is 10.4 Å². The predicted molar refractivity (Wildman–Crippen MR) is 114 cm³/mol. The number of aromatic hydroxyl groups is 1. The predicted octanol–water partition coefficient (Wildman–Crippen LogP) is 3.75. The summed E-state index contributed by atoms with van der Waals surface area (Å²) in [5, 5.41) is 14.8. The van der Waals surface area contributed by atoms with Gasteiger partial charge in [0.15, 0.2) is 5.96 Å². The van der Waals surface area contributed by atoms with Crippen molar-refractivity contribution >= 4 is 41.3 Å². The first-order valence-corrected chi connectivity index (χ1v) is 8.79. The summed E-state index contributed by atoms with van der Waals surface area (Å²) in [6.45, 7) is 1.84. The summed E-state index contributed by atoms with van der Waals surface area (Å²) in [7, 11) is 3.90. The van der Waals surface area contributed by atoms with Crippen LogP contribution in [0.25, 0.3) is 0 Å². The van der Waals surface area contributed by atoms with E-state index >= 15 is 0 Å². The Morgan fingerprint density at radius 2 is 1.96 bits per heavy atom. The van der Waals surface area contributed by atoms with Gasteiger partial charge in [-0.1, -0.05) is 18.2 Å². The highest BCUT2D eigenvalue weighted by atomic mass is 127. The van der Waals surface area contributed by atoms with E-state index in [1.807, 2.05) is 19.2 Å². The van der Waals surface area contributed by atoms with Gasteiger partial charge in [0.05, 0.1) is 0 Å². The van der Waals surface area contributed by atoms with Crippen molar-refractivity contribution in [2.45, 2.75) is 19.3 Å². The van der Waals surface area contributed by atoms with Gasteiger partial charge in [-0.25, -0.2) is 0 Å². The molecule has 0 saturated carbocycles. The minimum Gasteiger partial charge on any atom is -0.508 e. The third-order valence-electron chi connectivity index (χ3n) is 3.71. The number of nitrogens with one attached hydrogen (secondary N) is 1. The number of benzene rings is 1. The van der Waals surface area contributed by atoms with Crippen molar-refractivity contribution in [3.05, 3.63) is 52.2 Å². The molecule has 0 saturated heterocycles. The molecule has 2 aromatic rings. The maximum Gasteiger partial charge on any atom is 0.193 e. The van der Waals surface area contributed by atoms with Gasteiger partial charge in [0.25, 0.3) is 0 Å². The first-order chi connectivity index (χ1) is 11.2. The smallest absolute Gasteiger partial charge is 0.193 e. The highest BCUT2D eigenvalue weighted by molar-refractivity contribution is 14.0. The number of hydrogen-bond acceptors (Lipinski definition) is 3. The molecule has 0 spiro atoms. The Balaban J connectivity index is 0.00000288. The van der Waals surface area contributed by atoms with Crippen LogP contribution >= 0.6 is 35.3 Å². The van der Waals surface area contributed by atoms with E-state index in [1.54, 1.807) is 23.5 Å². The number of phenols is 1. The number of phenolic OH excluding ortho intramolecular Hbond substituents is 1. The van der Waals surface area contributed by atoms with E-state index in [4.69, 9.17) is 0 Å². The summed E-state index contributed by atoms with van der Waals surface area (Å²) < 4.78 is 0. The molecule has 0 bridgehead atoms. The molecule has 0 atom stereocenters. The third kappa shape index (κ3) is 7.09. The summed E-state index contributed by atoms with van der Waals surface area (Å²) in [5.74, 6) is 1.26. The van der Waals surface area contributed by atoms with Gasteiger partial charge in [0.2, 0.25) is 0 Å². The summed E-state index contributed by atoms with van der Waals surface area (Å²) in [4.78, 5) is 7.92. The highest BCUT2D eigenvalue weighted by Gasteiger charge is 2.05. The maximum absolute atomic E-state index is 9.28. The first kappa shape index (κ1) is 20.8. The van der Waals surface area contributed by atoms with Gasteiger partial charge in [-0.15, -0.1) is 35.3 Å². The molecule has 132 valence electrons. The summed E-state index contributed by atoms with van der Waals surface area (Å²) in [6, 6.07) is 11.7. The number of aliphatic imine (C=N–C) groups is 1. The molecule has 0 fully saturated rings. The quantitative estimate of drug-likeness (QED) is 0.287. The van der Waals surface area contributed by atoms with E-state index in [0.29, 0.717) is 5.75 Å². The molecule has 1 aromatic heterocycles. The number of hydrogen-bond donors (Lipinski definition) is 2. The Hall–Kier alpha value is -1.28. The number of thiophene rings is 1. The first-order valence-electron chi connectivity index (χ1n) is 7.91. The van der Waals surface area contributed by atoms with Crippen LogP contribution in [0.5, 0.6) is 5.75 Å². The topological polar surface area (TPSA) is 47.9 Å². The van der Waals surface area contributed by atoms with E-state index in [9.17, 15) is 5.11 Å². The minimum atomic E-state index is 0. The van der Waals surface area contributed by atoms with Crippen LogP contribution in [0.15, 0.2) is 46.8 Å². The number of aryl methyl sites for hydroxylation is 1. The van der Waals surface area contributed by atoms with Gasteiger partial charge in [0.1, 0.15) is 5.75 Å². The molecule has 0 amide bonds. The van der Waals surface area contributed by atoms with Gasteiger partial charge in [-0.05, 0) is 48.4 Å². The number of rotatable bonds is 7. The Kier molecular flexibility index (Phi) is 9.78. The van der Waals surface area contributed by atoms with Crippen LogP contribution in [0, 0.1) is 0 Å². The van der Waals surface area contributed by atoms with Gasteiger partial charge >= 0.3 is 0 Å². The Morgan fingerprint density at radius 3 is 2.58 bits per heavy atom. The normalized spacial score (nSPS) is 11.0. The van der Waals surface area contributed by atoms with Crippen LogP contribution in [-0.4, -0.2) is 43.2 Å². The fraction of sp³-hybridized carbons (Fsp3) is 0.389. The minimum absolute atomic E-state index is 0. The number of guanidine groups is 1. The second-order valence-electron chi connectivity index (χ2n) is 5.49. The third-order valence-corrected chi connectivity index (χ3v) is 4.64. The van der Waals surface area contributed by atoms with Gasteiger partial charge in [0, 0.05) is 32.1 Å². The fourth-order valence-corrected chi connectivity index (χ4v) is 3.08. The molecule has 24 heavy (non-hydrogen) atoms. The monoisotopic (exact) mass is 459 g/mol. The number of likely N-dealkylation sites (N-methyl/N-ethyl adjacent to an activating group) is 1. The largest absolute Gasteiger partial charge is 0.508 e. The van der Waals surface area contributed by atoms with Gasteiger partial charge < -0.3 is 15.3 Å². The molecule has 0 radical (unpaired) electrons. The van der Waals surface area contributed by atoms with Crippen molar-refractivity contribution < 1.29 is 5.11 Å². The SMILES string of the molecule is CN=C(NCCCc1ccc(O)cc1)N(C)CCc1cccs1.I. The molecule has 2 rings (SSSR count).